The Morgan fingerprint density at radius 1 is 1.04 bits per heavy atom. The fourth-order valence-corrected chi connectivity index (χ4v) is 6.38. The third-order valence-corrected chi connectivity index (χ3v) is 8.94. The number of halogens is 7. The van der Waals surface area contributed by atoms with Crippen molar-refractivity contribution in [2.24, 2.45) is 5.41 Å². The molecule has 2 aliphatic rings. The molecule has 0 amide bonds. The maximum Gasteiger partial charge on any atom is 0.429 e. The Morgan fingerprint density at radius 2 is 1.73 bits per heavy atom. The van der Waals surface area contributed by atoms with Gasteiger partial charge in [0.15, 0.2) is 0 Å². The van der Waals surface area contributed by atoms with E-state index in [2.05, 4.69) is 20.4 Å². The second-order valence-corrected chi connectivity index (χ2v) is 12.3. The first-order valence-corrected chi connectivity index (χ1v) is 15.1. The van der Waals surface area contributed by atoms with Gasteiger partial charge in [-0.05, 0) is 67.0 Å². The van der Waals surface area contributed by atoms with Gasteiger partial charge >= 0.3 is 18.3 Å². The van der Waals surface area contributed by atoms with Crippen LogP contribution in [0.25, 0.3) is 16.8 Å². The number of hydrogen-bond donors (Lipinski definition) is 3. The zero-order chi connectivity index (χ0) is 35.3. The topological polar surface area (TPSA) is 131 Å². The molecule has 10 nitrogen and oxygen atoms in total. The molecule has 0 aliphatic carbocycles. The highest BCUT2D eigenvalue weighted by Crippen LogP contribution is 2.43. The highest BCUT2D eigenvalue weighted by Gasteiger charge is 2.46. The summed E-state index contributed by atoms with van der Waals surface area (Å²) in [5, 5.41) is 16.6. The molecule has 2 aromatic heterocycles. The van der Waals surface area contributed by atoms with Crippen LogP contribution in [0.3, 0.4) is 0 Å². The fourth-order valence-electron chi connectivity index (χ4n) is 6.38. The number of nitrogen functional groups attached to an aromatic ring is 1. The Hall–Kier alpha value is -4.93. The molecule has 2 saturated heterocycles. The van der Waals surface area contributed by atoms with Gasteiger partial charge in [0.25, 0.3) is 0 Å². The first kappa shape index (κ1) is 34.0. The second-order valence-electron chi connectivity index (χ2n) is 12.3. The molecule has 2 atom stereocenters. The summed E-state index contributed by atoms with van der Waals surface area (Å²) < 4.78 is 105. The van der Waals surface area contributed by atoms with E-state index in [9.17, 15) is 40.6 Å². The second kappa shape index (κ2) is 12.5. The lowest BCUT2D eigenvalue weighted by molar-refractivity contribution is -0.198. The third kappa shape index (κ3) is 7.11. The Balaban J connectivity index is 1.33. The number of carboxylic acids is 1. The van der Waals surface area contributed by atoms with Crippen LogP contribution in [0.1, 0.15) is 42.2 Å². The zero-order valence-corrected chi connectivity index (χ0v) is 25.8. The smallest absolute Gasteiger partial charge is 0.429 e. The molecule has 2 aromatic carbocycles. The number of rotatable bonds is 7. The van der Waals surface area contributed by atoms with E-state index in [1.165, 1.54) is 30.5 Å². The van der Waals surface area contributed by atoms with Gasteiger partial charge < -0.3 is 25.8 Å². The SMILES string of the molecule is Cc1ccn(-c2cc(-c3ccc(F)c(C(F)(F)F)c3)ccc2[C@@H](Oc2cc(N3CCC4(CC3)CN[C@H](C(=O)O)C4)nc(N)n2)C(F)(F)F)n1. The molecule has 4 aromatic rings. The summed E-state index contributed by atoms with van der Waals surface area (Å²) in [5.41, 5.74) is 4.01. The summed E-state index contributed by atoms with van der Waals surface area (Å²) in [6.07, 6.45) is -9.57. The fraction of sp³-hybridized carbons (Fsp3) is 0.375. The molecule has 0 unspecified atom stereocenters. The molecule has 6 rings (SSSR count). The van der Waals surface area contributed by atoms with E-state index in [4.69, 9.17) is 10.5 Å². The number of nitrogens with one attached hydrogen (secondary N) is 1. The Bertz CT molecular complexity index is 1870. The van der Waals surface area contributed by atoms with Gasteiger partial charge in [-0.2, -0.15) is 41.4 Å². The molecule has 17 heteroatoms. The lowest BCUT2D eigenvalue weighted by atomic mass is 9.76. The number of aromatic nitrogens is 4. The number of benzene rings is 2. The molecule has 4 N–H and O–H groups in total. The van der Waals surface area contributed by atoms with E-state index < -0.39 is 53.3 Å². The van der Waals surface area contributed by atoms with Crippen LogP contribution < -0.4 is 20.7 Å². The van der Waals surface area contributed by atoms with E-state index in [-0.39, 0.29) is 34.0 Å². The highest BCUT2D eigenvalue weighted by molar-refractivity contribution is 5.74. The molecule has 1 spiro atoms. The summed E-state index contributed by atoms with van der Waals surface area (Å²) in [6, 6.07) is 7.91. The van der Waals surface area contributed by atoms with Crippen molar-refractivity contribution in [2.75, 3.05) is 30.3 Å². The Labute approximate surface area is 274 Å². The summed E-state index contributed by atoms with van der Waals surface area (Å²) in [4.78, 5) is 21.4. The number of carbonyl (C=O) groups is 1. The first-order valence-electron chi connectivity index (χ1n) is 15.1. The predicted molar refractivity (Wildman–Crippen MR) is 162 cm³/mol. The summed E-state index contributed by atoms with van der Waals surface area (Å²) in [5.74, 6) is -2.99. The van der Waals surface area contributed by atoms with Crippen LogP contribution in [-0.2, 0) is 11.0 Å². The zero-order valence-electron chi connectivity index (χ0n) is 25.8. The Kier molecular flexibility index (Phi) is 8.67. The van der Waals surface area contributed by atoms with Gasteiger partial charge in [-0.1, -0.05) is 18.2 Å². The molecular weight excluding hydrogens is 663 g/mol. The van der Waals surface area contributed by atoms with Crippen molar-refractivity contribution < 1.29 is 45.4 Å². The number of carboxylic acid groups (broad SMARTS) is 1. The maximum atomic E-state index is 14.8. The van der Waals surface area contributed by atoms with E-state index >= 15 is 0 Å². The summed E-state index contributed by atoms with van der Waals surface area (Å²) in [6.45, 7) is 3.02. The molecule has 0 bridgehead atoms. The quantitative estimate of drug-likeness (QED) is 0.197. The van der Waals surface area contributed by atoms with E-state index in [1.54, 1.807) is 6.92 Å². The number of nitrogens with zero attached hydrogens (tertiary/aromatic N) is 5. The van der Waals surface area contributed by atoms with Crippen LogP contribution in [0, 0.1) is 18.2 Å². The molecule has 4 heterocycles. The van der Waals surface area contributed by atoms with E-state index in [0.717, 1.165) is 16.8 Å². The molecular formula is C32H30F7N7O3. The number of aliphatic carboxylic acids is 1. The number of nitrogens with two attached hydrogens (primary N) is 1. The van der Waals surface area contributed by atoms with Crippen LogP contribution >= 0.6 is 0 Å². The predicted octanol–water partition coefficient (Wildman–Crippen LogP) is 6.09. The lowest BCUT2D eigenvalue weighted by Gasteiger charge is -2.39. The molecule has 0 saturated carbocycles. The molecule has 260 valence electrons. The van der Waals surface area contributed by atoms with Crippen molar-refractivity contribution >= 4 is 17.7 Å². The standard InChI is InChI=1S/C32H30F7N7O3/c1-17-6-9-46(44-17)24-13-19(18-3-5-22(33)21(12-18)31(34,35)36)2-4-20(24)27(32(37,38)39)49-26-14-25(42-29(40)43-26)45-10-7-30(8-11-45)15-23(28(47)48)41-16-30/h2-6,9,12-14,23,27,41H,7-8,10-11,15-16H2,1H3,(H,47,48)(H2,40,42,43)/t23-,27+/m0/s1. The van der Waals surface area contributed by atoms with Crippen LogP contribution in [-0.4, -0.2) is 62.7 Å². The number of alkyl halides is 6. The van der Waals surface area contributed by atoms with Crippen molar-refractivity contribution in [1.29, 1.82) is 0 Å². The molecule has 2 aliphatic heterocycles. The van der Waals surface area contributed by atoms with Crippen molar-refractivity contribution in [3.05, 3.63) is 77.4 Å². The Morgan fingerprint density at radius 3 is 2.35 bits per heavy atom. The number of piperidine rings is 1. The maximum absolute atomic E-state index is 14.8. The van der Waals surface area contributed by atoms with E-state index in [0.29, 0.717) is 56.7 Å². The summed E-state index contributed by atoms with van der Waals surface area (Å²) >= 11 is 0. The average Bonchev–Trinajstić information content (AvgIpc) is 3.65. The average molecular weight is 694 g/mol. The van der Waals surface area contributed by atoms with Gasteiger partial charge in [0.2, 0.25) is 17.9 Å². The van der Waals surface area contributed by atoms with Crippen molar-refractivity contribution in [3.63, 3.8) is 0 Å². The number of ether oxygens (including phenoxy) is 1. The van der Waals surface area contributed by atoms with Crippen molar-refractivity contribution in [1.82, 2.24) is 25.1 Å². The normalized spacial score (nSPS) is 18.5. The number of anilines is 2. The molecule has 0 radical (unpaired) electrons. The van der Waals surface area contributed by atoms with Crippen LogP contribution in [0.2, 0.25) is 0 Å². The summed E-state index contributed by atoms with van der Waals surface area (Å²) in [7, 11) is 0. The largest absolute Gasteiger partial charge is 0.480 e. The lowest BCUT2D eigenvalue weighted by Crippen LogP contribution is -2.41. The third-order valence-electron chi connectivity index (χ3n) is 8.94. The van der Waals surface area contributed by atoms with Gasteiger partial charge in [-0.25, -0.2) is 9.07 Å². The van der Waals surface area contributed by atoms with Gasteiger partial charge in [-0.15, -0.1) is 0 Å². The van der Waals surface area contributed by atoms with Crippen LogP contribution in [0.4, 0.5) is 42.5 Å². The molecule has 2 fully saturated rings. The van der Waals surface area contributed by atoms with Gasteiger partial charge in [0, 0.05) is 37.5 Å². The van der Waals surface area contributed by atoms with E-state index in [1.807, 2.05) is 4.90 Å². The van der Waals surface area contributed by atoms with Crippen molar-refractivity contribution in [2.45, 2.75) is 50.7 Å². The minimum atomic E-state index is -5.02. The first-order chi connectivity index (χ1) is 23.0. The number of aryl methyl sites for hydroxylation is 1. The molecule has 49 heavy (non-hydrogen) atoms. The van der Waals surface area contributed by atoms with Crippen molar-refractivity contribution in [3.8, 4) is 22.7 Å². The van der Waals surface area contributed by atoms with Crippen LogP contribution in [0.15, 0.2) is 54.7 Å². The monoisotopic (exact) mass is 693 g/mol. The highest BCUT2D eigenvalue weighted by atomic mass is 19.4. The minimum Gasteiger partial charge on any atom is -0.480 e. The van der Waals surface area contributed by atoms with Crippen LogP contribution in [0.5, 0.6) is 5.88 Å². The number of hydrogen-bond acceptors (Lipinski definition) is 8. The minimum absolute atomic E-state index is 0.0712. The van der Waals surface area contributed by atoms with Gasteiger partial charge in [-0.3, -0.25) is 4.79 Å². The van der Waals surface area contributed by atoms with Gasteiger partial charge in [0.05, 0.1) is 16.9 Å². The van der Waals surface area contributed by atoms with Gasteiger partial charge in [0.1, 0.15) is 17.7 Å².